The van der Waals surface area contributed by atoms with E-state index in [2.05, 4.69) is 48.9 Å². The molecule has 27 heavy (non-hydrogen) atoms. The zero-order valence-corrected chi connectivity index (χ0v) is 17.0. The average molecular weight is 382 g/mol. The van der Waals surface area contributed by atoms with E-state index in [0.717, 1.165) is 60.8 Å². The Kier molecular flexibility index (Phi) is 6.68. The molecule has 3 rings (SSSR count). The molecular weight excluding hydrogens is 354 g/mol. The van der Waals surface area contributed by atoms with E-state index >= 15 is 0 Å². The molecule has 0 aromatic carbocycles. The Morgan fingerprint density at radius 3 is 2.78 bits per heavy atom. The molecule has 1 aliphatic carbocycles. The van der Waals surface area contributed by atoms with Gasteiger partial charge in [-0.2, -0.15) is 0 Å². The number of fused-ring (bicyclic) bond motifs is 1. The molecule has 0 radical (unpaired) electrons. The minimum absolute atomic E-state index is 0.444. The van der Waals surface area contributed by atoms with Crippen LogP contribution in [0, 0.1) is 0 Å². The lowest BCUT2D eigenvalue weighted by Gasteiger charge is -2.20. The number of halogens is 1. The molecule has 0 amide bonds. The topological polar surface area (TPSA) is 37.8 Å². The van der Waals surface area contributed by atoms with Gasteiger partial charge in [-0.3, -0.25) is 0 Å². The number of hydrogen-bond donors (Lipinski definition) is 1. The predicted molar refractivity (Wildman–Crippen MR) is 115 cm³/mol. The first-order chi connectivity index (χ1) is 13.1. The maximum atomic E-state index is 5.93. The zero-order valence-electron chi connectivity index (χ0n) is 16.3. The van der Waals surface area contributed by atoms with E-state index in [1.165, 1.54) is 10.8 Å². The van der Waals surface area contributed by atoms with Crippen molar-refractivity contribution < 1.29 is 0 Å². The summed E-state index contributed by atoms with van der Waals surface area (Å²) in [4.78, 5) is 9.11. The molecule has 142 valence electrons. The fraction of sp³-hybridized carbons (Fsp3) is 0.391. The average Bonchev–Trinajstić information content (AvgIpc) is 2.69. The summed E-state index contributed by atoms with van der Waals surface area (Å²) in [7, 11) is 0. The molecule has 2 aromatic heterocycles. The van der Waals surface area contributed by atoms with Crippen molar-refractivity contribution in [3.8, 4) is 0 Å². The van der Waals surface area contributed by atoms with E-state index < -0.39 is 0 Å². The van der Waals surface area contributed by atoms with Crippen LogP contribution < -0.4 is 15.9 Å². The molecule has 3 nitrogen and oxygen atoms in total. The van der Waals surface area contributed by atoms with Gasteiger partial charge in [0.15, 0.2) is 0 Å². The minimum atomic E-state index is 0.444. The summed E-state index contributed by atoms with van der Waals surface area (Å²) >= 11 is 5.93. The van der Waals surface area contributed by atoms with Crippen LogP contribution in [0.3, 0.4) is 0 Å². The molecule has 1 atom stereocenters. The van der Waals surface area contributed by atoms with Crippen LogP contribution in [0.25, 0.3) is 17.8 Å². The number of nitrogens with one attached hydrogen (secondary N) is 1. The Hall–Kier alpha value is -2.13. The Labute approximate surface area is 166 Å². The second-order valence-electron chi connectivity index (χ2n) is 7.13. The zero-order chi connectivity index (χ0) is 19.2. The van der Waals surface area contributed by atoms with Gasteiger partial charge in [-0.1, -0.05) is 56.7 Å². The highest BCUT2D eigenvalue weighted by molar-refractivity contribution is 6.29. The van der Waals surface area contributed by atoms with Crippen molar-refractivity contribution >= 4 is 29.5 Å². The van der Waals surface area contributed by atoms with Crippen LogP contribution >= 0.6 is 11.6 Å². The molecule has 1 aliphatic rings. The molecule has 1 unspecified atom stereocenters. The smallest absolute Gasteiger partial charge is 0.129 e. The van der Waals surface area contributed by atoms with Gasteiger partial charge in [0.25, 0.3) is 0 Å². The third-order valence-electron chi connectivity index (χ3n) is 5.03. The number of rotatable bonds is 8. The highest BCUT2D eigenvalue weighted by atomic mass is 35.5. The highest BCUT2D eigenvalue weighted by Gasteiger charge is 2.12. The van der Waals surface area contributed by atoms with Gasteiger partial charge in [0.1, 0.15) is 5.15 Å². The Bertz CT molecular complexity index is 916. The van der Waals surface area contributed by atoms with Crippen LogP contribution in [-0.4, -0.2) is 16.0 Å². The van der Waals surface area contributed by atoms with Gasteiger partial charge in [0, 0.05) is 12.2 Å². The van der Waals surface area contributed by atoms with Crippen molar-refractivity contribution in [3.05, 3.63) is 63.5 Å². The van der Waals surface area contributed by atoms with Gasteiger partial charge < -0.3 is 5.32 Å². The molecule has 1 N–H and O–H groups in total. The molecule has 2 heterocycles. The van der Waals surface area contributed by atoms with Gasteiger partial charge in [-0.25, -0.2) is 9.97 Å². The van der Waals surface area contributed by atoms with Crippen molar-refractivity contribution in [2.75, 3.05) is 0 Å². The summed E-state index contributed by atoms with van der Waals surface area (Å²) in [5.41, 5.74) is 4.26. The van der Waals surface area contributed by atoms with Crippen molar-refractivity contribution in [1.29, 1.82) is 0 Å². The molecular formula is C23H28ClN3. The van der Waals surface area contributed by atoms with Gasteiger partial charge in [0.05, 0.1) is 16.7 Å². The summed E-state index contributed by atoms with van der Waals surface area (Å²) in [5.74, 6) is 0. The SMILES string of the molecule is C=C(NC(CC)CCC)c1cc(Cc2ccc(Cl)nc2)c2c(n1)=CCCC=2. The first-order valence-electron chi connectivity index (χ1n) is 9.87. The fourth-order valence-corrected chi connectivity index (χ4v) is 3.66. The van der Waals surface area contributed by atoms with Gasteiger partial charge in [0.2, 0.25) is 0 Å². The summed E-state index contributed by atoms with van der Waals surface area (Å²) in [6.45, 7) is 8.70. The molecule has 0 fully saturated rings. The molecule has 0 bridgehead atoms. The van der Waals surface area contributed by atoms with E-state index in [0.29, 0.717) is 11.2 Å². The third kappa shape index (κ3) is 4.98. The third-order valence-corrected chi connectivity index (χ3v) is 5.25. The fourth-order valence-electron chi connectivity index (χ4n) is 3.55. The van der Waals surface area contributed by atoms with Crippen LogP contribution in [0.2, 0.25) is 5.15 Å². The van der Waals surface area contributed by atoms with Gasteiger partial charge in [-0.05, 0) is 60.6 Å². The monoisotopic (exact) mass is 381 g/mol. The molecule has 0 saturated heterocycles. The van der Waals surface area contributed by atoms with E-state index in [1.807, 2.05) is 18.3 Å². The van der Waals surface area contributed by atoms with E-state index in [1.54, 1.807) is 0 Å². The van der Waals surface area contributed by atoms with Crippen molar-refractivity contribution in [1.82, 2.24) is 15.3 Å². The summed E-state index contributed by atoms with van der Waals surface area (Å²) in [5, 5.41) is 6.42. The van der Waals surface area contributed by atoms with Crippen LogP contribution in [0.5, 0.6) is 0 Å². The van der Waals surface area contributed by atoms with Crippen molar-refractivity contribution in [2.24, 2.45) is 0 Å². The maximum Gasteiger partial charge on any atom is 0.129 e. The molecule has 2 aromatic rings. The summed E-state index contributed by atoms with van der Waals surface area (Å²) in [6.07, 6.45) is 12.7. The Morgan fingerprint density at radius 2 is 2.07 bits per heavy atom. The van der Waals surface area contributed by atoms with Crippen LogP contribution in [0.4, 0.5) is 0 Å². The second-order valence-corrected chi connectivity index (χ2v) is 7.52. The van der Waals surface area contributed by atoms with Crippen LogP contribution in [0.15, 0.2) is 31.0 Å². The first-order valence-corrected chi connectivity index (χ1v) is 10.2. The van der Waals surface area contributed by atoms with Crippen molar-refractivity contribution in [2.45, 2.75) is 58.4 Å². The van der Waals surface area contributed by atoms with Crippen molar-refractivity contribution in [3.63, 3.8) is 0 Å². The van der Waals surface area contributed by atoms with E-state index in [9.17, 15) is 0 Å². The van der Waals surface area contributed by atoms with Crippen LogP contribution in [0.1, 0.15) is 62.8 Å². The number of aromatic nitrogens is 2. The molecule has 4 heteroatoms. The number of nitrogens with zero attached hydrogens (tertiary/aromatic N) is 2. The maximum absolute atomic E-state index is 5.93. The largest absolute Gasteiger partial charge is 0.381 e. The standard InChI is InChI=1S/C23H28ClN3/c1-4-8-19(5-2)26-16(3)22-14-18(13-17-11-12-23(24)25-15-17)20-9-6-7-10-21(20)27-22/h9-12,14-15,19,26H,3-8,13H2,1-2H3. The lowest BCUT2D eigenvalue weighted by atomic mass is 10.00. The lowest BCUT2D eigenvalue weighted by molar-refractivity contribution is 0.528. The quantitative estimate of drug-likeness (QED) is 0.696. The normalized spacial score (nSPS) is 13.9. The minimum Gasteiger partial charge on any atom is -0.381 e. The first kappa shape index (κ1) is 19.6. The second kappa shape index (κ2) is 9.18. The summed E-state index contributed by atoms with van der Waals surface area (Å²) in [6, 6.07) is 6.51. The molecule has 0 aliphatic heterocycles. The highest BCUT2D eigenvalue weighted by Crippen LogP contribution is 2.14. The lowest BCUT2D eigenvalue weighted by Crippen LogP contribution is -2.36. The molecule has 0 saturated carbocycles. The Balaban J connectivity index is 1.94. The number of hydrogen-bond acceptors (Lipinski definition) is 3. The predicted octanol–water partition coefficient (Wildman–Crippen LogP) is 4.21. The van der Waals surface area contributed by atoms with E-state index in [4.69, 9.17) is 16.6 Å². The molecule has 0 spiro atoms. The van der Waals surface area contributed by atoms with Gasteiger partial charge in [-0.15, -0.1) is 0 Å². The number of pyridine rings is 2. The Morgan fingerprint density at radius 1 is 1.26 bits per heavy atom. The van der Waals surface area contributed by atoms with Gasteiger partial charge >= 0.3 is 0 Å². The van der Waals surface area contributed by atoms with E-state index in [-0.39, 0.29) is 0 Å². The van der Waals surface area contributed by atoms with Crippen LogP contribution in [-0.2, 0) is 6.42 Å². The summed E-state index contributed by atoms with van der Waals surface area (Å²) < 4.78 is 0.